The number of rotatable bonds is 3. The fourth-order valence-corrected chi connectivity index (χ4v) is 1.82. The van der Waals surface area contributed by atoms with Crippen LogP contribution < -0.4 is 0 Å². The van der Waals surface area contributed by atoms with Crippen LogP contribution in [0.3, 0.4) is 0 Å². The Morgan fingerprint density at radius 2 is 1.93 bits per heavy atom. The van der Waals surface area contributed by atoms with Crippen LogP contribution in [-0.4, -0.2) is 24.6 Å². The minimum absolute atomic E-state index is 0.127. The molecule has 0 spiro atoms. The maximum absolute atomic E-state index is 9.37. The Morgan fingerprint density at radius 3 is 2.43 bits per heavy atom. The molecule has 1 heterocycles. The van der Waals surface area contributed by atoms with Crippen LogP contribution in [0.1, 0.15) is 40.5 Å². The average molecular weight is 200 g/mol. The van der Waals surface area contributed by atoms with Gasteiger partial charge in [-0.1, -0.05) is 27.7 Å². The molecule has 2 unspecified atom stereocenters. The normalized spacial score (nSPS) is 28.9. The maximum atomic E-state index is 9.37. The van der Waals surface area contributed by atoms with Crippen molar-refractivity contribution < 1.29 is 14.3 Å². The van der Waals surface area contributed by atoms with E-state index in [-0.39, 0.29) is 12.2 Å². The van der Waals surface area contributed by atoms with Crippen LogP contribution >= 0.6 is 0 Å². The third kappa shape index (κ3) is 3.60. The van der Waals surface area contributed by atoms with Crippen LogP contribution in [0.25, 0.3) is 0 Å². The third-order valence-electron chi connectivity index (χ3n) is 2.57. The molecule has 1 aliphatic rings. The lowest BCUT2D eigenvalue weighted by molar-refractivity contribution is -0.0411. The fraction of sp³-hybridized carbons (Fsp3) is 1.00. The van der Waals surface area contributed by atoms with Crippen molar-refractivity contribution in [3.8, 4) is 0 Å². The molecule has 14 heavy (non-hydrogen) atoms. The molecule has 82 valence electrons. The molecule has 3 nitrogen and oxygen atoms in total. The highest BCUT2D eigenvalue weighted by atomic mass is 16.7. The molecular formula is C10H21BO3. The van der Waals surface area contributed by atoms with Gasteiger partial charge in [0.2, 0.25) is 0 Å². The molecule has 1 fully saturated rings. The molecule has 4 heteroatoms. The molecule has 0 aromatic rings. The Bertz CT molecular complexity index is 171. The van der Waals surface area contributed by atoms with Gasteiger partial charge >= 0.3 is 7.32 Å². The van der Waals surface area contributed by atoms with Crippen molar-refractivity contribution in [3.05, 3.63) is 0 Å². The van der Waals surface area contributed by atoms with E-state index in [1.165, 1.54) is 0 Å². The second-order valence-corrected chi connectivity index (χ2v) is 4.85. The standard InChI is InChI=1S/C10H21BO3/c1-7(2)5-9-6-10(8(3)4)14-11(12)13-9/h7-10,12H,5-6H2,1-4H3. The molecule has 1 aliphatic heterocycles. The van der Waals surface area contributed by atoms with E-state index in [4.69, 9.17) is 9.31 Å². The lowest BCUT2D eigenvalue weighted by Crippen LogP contribution is -2.44. The van der Waals surface area contributed by atoms with Gasteiger partial charge < -0.3 is 14.3 Å². The van der Waals surface area contributed by atoms with Crippen molar-refractivity contribution in [1.82, 2.24) is 0 Å². The summed E-state index contributed by atoms with van der Waals surface area (Å²) in [5.74, 6) is 1.03. The first-order valence-corrected chi connectivity index (χ1v) is 5.48. The molecule has 0 saturated carbocycles. The molecule has 0 radical (unpaired) electrons. The molecular weight excluding hydrogens is 179 g/mol. The Balaban J connectivity index is 2.45. The Hall–Kier alpha value is -0.0551. The zero-order valence-electron chi connectivity index (χ0n) is 9.56. The van der Waals surface area contributed by atoms with Crippen LogP contribution in [0.4, 0.5) is 0 Å². The predicted octanol–water partition coefficient (Wildman–Crippen LogP) is 1.84. The minimum Gasteiger partial charge on any atom is -0.402 e. The maximum Gasteiger partial charge on any atom is 0.637 e. The molecule has 1 N–H and O–H groups in total. The summed E-state index contributed by atoms with van der Waals surface area (Å²) in [4.78, 5) is 0. The molecule has 2 atom stereocenters. The molecule has 0 aliphatic carbocycles. The summed E-state index contributed by atoms with van der Waals surface area (Å²) in [6, 6.07) is 0. The van der Waals surface area contributed by atoms with E-state index in [1.807, 2.05) is 0 Å². The first-order chi connectivity index (χ1) is 6.49. The highest BCUT2D eigenvalue weighted by molar-refractivity contribution is 6.34. The summed E-state index contributed by atoms with van der Waals surface area (Å²) in [5, 5.41) is 9.37. The van der Waals surface area contributed by atoms with Crippen LogP contribution in [0.2, 0.25) is 0 Å². The molecule has 0 amide bonds. The first kappa shape index (κ1) is 12.0. The minimum atomic E-state index is -1.03. The van der Waals surface area contributed by atoms with Gasteiger partial charge in [0.1, 0.15) is 0 Å². The van der Waals surface area contributed by atoms with Crippen LogP contribution in [-0.2, 0) is 9.31 Å². The van der Waals surface area contributed by atoms with Gasteiger partial charge in [-0.05, 0) is 24.7 Å². The van der Waals surface area contributed by atoms with Gasteiger partial charge in [0.15, 0.2) is 0 Å². The monoisotopic (exact) mass is 200 g/mol. The zero-order valence-corrected chi connectivity index (χ0v) is 9.56. The average Bonchev–Trinajstić information content (AvgIpc) is 2.01. The van der Waals surface area contributed by atoms with Crippen LogP contribution in [0, 0.1) is 11.8 Å². The Kier molecular flexibility index (Phi) is 4.42. The van der Waals surface area contributed by atoms with Crippen molar-refractivity contribution in [3.63, 3.8) is 0 Å². The van der Waals surface area contributed by atoms with Gasteiger partial charge in [0.25, 0.3) is 0 Å². The quantitative estimate of drug-likeness (QED) is 0.706. The van der Waals surface area contributed by atoms with Crippen molar-refractivity contribution in [1.29, 1.82) is 0 Å². The van der Waals surface area contributed by atoms with E-state index in [0.717, 1.165) is 12.8 Å². The lowest BCUT2D eigenvalue weighted by atomic mass is 9.91. The van der Waals surface area contributed by atoms with Crippen molar-refractivity contribution in [2.24, 2.45) is 11.8 Å². The smallest absolute Gasteiger partial charge is 0.402 e. The second kappa shape index (κ2) is 5.15. The summed E-state index contributed by atoms with van der Waals surface area (Å²) in [6.45, 7) is 8.54. The highest BCUT2D eigenvalue weighted by Gasteiger charge is 2.35. The fourth-order valence-electron chi connectivity index (χ4n) is 1.82. The van der Waals surface area contributed by atoms with Crippen LogP contribution in [0.5, 0.6) is 0 Å². The van der Waals surface area contributed by atoms with Gasteiger partial charge in [-0.25, -0.2) is 0 Å². The molecule has 0 aromatic carbocycles. The largest absolute Gasteiger partial charge is 0.637 e. The summed E-state index contributed by atoms with van der Waals surface area (Å²) in [6.07, 6.45) is 2.16. The van der Waals surface area contributed by atoms with E-state index in [1.54, 1.807) is 0 Å². The summed E-state index contributed by atoms with van der Waals surface area (Å²) in [7, 11) is -1.03. The van der Waals surface area contributed by atoms with Gasteiger partial charge in [0.05, 0.1) is 0 Å². The first-order valence-electron chi connectivity index (χ1n) is 5.48. The Labute approximate surface area is 87.0 Å². The lowest BCUT2D eigenvalue weighted by Gasteiger charge is -2.34. The van der Waals surface area contributed by atoms with E-state index >= 15 is 0 Å². The predicted molar refractivity (Wildman–Crippen MR) is 56.6 cm³/mol. The SMILES string of the molecule is CC(C)CC1CC(C(C)C)OB(O)O1. The van der Waals surface area contributed by atoms with E-state index < -0.39 is 7.32 Å². The topological polar surface area (TPSA) is 38.7 Å². The summed E-state index contributed by atoms with van der Waals surface area (Å²) in [5.41, 5.74) is 0. The summed E-state index contributed by atoms with van der Waals surface area (Å²) >= 11 is 0. The van der Waals surface area contributed by atoms with E-state index in [0.29, 0.717) is 11.8 Å². The van der Waals surface area contributed by atoms with Gasteiger partial charge in [-0.15, -0.1) is 0 Å². The third-order valence-corrected chi connectivity index (χ3v) is 2.57. The molecule has 1 rings (SSSR count). The van der Waals surface area contributed by atoms with Crippen molar-refractivity contribution in [2.75, 3.05) is 0 Å². The van der Waals surface area contributed by atoms with Gasteiger partial charge in [-0.2, -0.15) is 0 Å². The zero-order chi connectivity index (χ0) is 10.7. The van der Waals surface area contributed by atoms with Gasteiger partial charge in [0, 0.05) is 12.2 Å². The van der Waals surface area contributed by atoms with E-state index in [2.05, 4.69) is 27.7 Å². The summed E-state index contributed by atoms with van der Waals surface area (Å²) < 4.78 is 10.6. The van der Waals surface area contributed by atoms with Crippen molar-refractivity contribution >= 4 is 7.32 Å². The molecule has 0 aromatic heterocycles. The molecule has 1 saturated heterocycles. The van der Waals surface area contributed by atoms with Crippen molar-refractivity contribution in [2.45, 2.75) is 52.7 Å². The van der Waals surface area contributed by atoms with Crippen LogP contribution in [0.15, 0.2) is 0 Å². The Morgan fingerprint density at radius 1 is 1.29 bits per heavy atom. The highest BCUT2D eigenvalue weighted by Crippen LogP contribution is 2.24. The van der Waals surface area contributed by atoms with Gasteiger partial charge in [-0.3, -0.25) is 0 Å². The second-order valence-electron chi connectivity index (χ2n) is 4.85. The number of hydrogen-bond acceptors (Lipinski definition) is 3. The molecule has 0 bridgehead atoms. The number of hydrogen-bond donors (Lipinski definition) is 1. The van der Waals surface area contributed by atoms with E-state index in [9.17, 15) is 5.02 Å².